The van der Waals surface area contributed by atoms with Crippen LogP contribution < -0.4 is 0 Å². The van der Waals surface area contributed by atoms with E-state index in [1.54, 1.807) is 45.0 Å². The van der Waals surface area contributed by atoms with Gasteiger partial charge in [-0.15, -0.1) is 0 Å². The zero-order valence-corrected chi connectivity index (χ0v) is 13.7. The van der Waals surface area contributed by atoms with Crippen LogP contribution in [0.1, 0.15) is 26.3 Å². The number of carboxylic acid groups (broad SMARTS) is 2. The summed E-state index contributed by atoms with van der Waals surface area (Å²) in [5, 5.41) is 18.7. The Kier molecular flexibility index (Phi) is 5.15. The fourth-order valence-corrected chi connectivity index (χ4v) is 2.14. The molecule has 110 valence electrons. The van der Waals surface area contributed by atoms with E-state index in [0.717, 1.165) is 3.57 Å². The van der Waals surface area contributed by atoms with Gasteiger partial charge in [-0.25, -0.2) is 9.59 Å². The molecule has 2 N–H and O–H groups in total. The van der Waals surface area contributed by atoms with E-state index in [9.17, 15) is 19.8 Å². The monoisotopic (exact) mass is 392 g/mol. The highest BCUT2D eigenvalue weighted by Gasteiger charge is 2.50. The summed E-state index contributed by atoms with van der Waals surface area (Å²) in [6.07, 6.45) is -0.230. The number of rotatable bonds is 5. The van der Waals surface area contributed by atoms with E-state index in [4.69, 9.17) is 4.74 Å². The second-order valence-corrected chi connectivity index (χ2v) is 6.70. The Labute approximate surface area is 131 Å². The number of hydrogen-bond acceptors (Lipinski definition) is 3. The van der Waals surface area contributed by atoms with E-state index in [0.29, 0.717) is 5.56 Å². The van der Waals surface area contributed by atoms with Crippen LogP contribution in [0.4, 0.5) is 0 Å². The molecular formula is C14H17IO5. The van der Waals surface area contributed by atoms with Gasteiger partial charge in [-0.1, -0.05) is 12.1 Å². The highest BCUT2D eigenvalue weighted by atomic mass is 127. The lowest BCUT2D eigenvalue weighted by Gasteiger charge is -2.32. The third-order valence-corrected chi connectivity index (χ3v) is 3.26. The molecule has 0 heterocycles. The lowest BCUT2D eigenvalue weighted by atomic mass is 9.93. The van der Waals surface area contributed by atoms with Gasteiger partial charge in [-0.3, -0.25) is 0 Å². The second kappa shape index (κ2) is 6.09. The van der Waals surface area contributed by atoms with E-state index >= 15 is 0 Å². The van der Waals surface area contributed by atoms with Crippen molar-refractivity contribution in [2.75, 3.05) is 0 Å². The van der Waals surface area contributed by atoms with Crippen molar-refractivity contribution in [1.82, 2.24) is 0 Å². The average molecular weight is 392 g/mol. The van der Waals surface area contributed by atoms with Gasteiger partial charge in [0.2, 0.25) is 0 Å². The fourth-order valence-electron chi connectivity index (χ4n) is 1.78. The number of carbonyl (C=O) groups is 2. The van der Waals surface area contributed by atoms with Crippen molar-refractivity contribution >= 4 is 34.5 Å². The molecule has 6 heteroatoms. The summed E-state index contributed by atoms with van der Waals surface area (Å²) in [5.74, 6) is -3.00. The van der Waals surface area contributed by atoms with Gasteiger partial charge in [0.15, 0.2) is 0 Å². The summed E-state index contributed by atoms with van der Waals surface area (Å²) in [6, 6.07) is 6.99. The highest BCUT2D eigenvalue weighted by Crippen LogP contribution is 2.26. The maximum atomic E-state index is 11.5. The zero-order valence-electron chi connectivity index (χ0n) is 11.5. The summed E-state index contributed by atoms with van der Waals surface area (Å²) < 4.78 is 6.37. The van der Waals surface area contributed by atoms with E-state index in [2.05, 4.69) is 22.6 Å². The largest absolute Gasteiger partial charge is 0.479 e. The Morgan fingerprint density at radius 2 is 1.55 bits per heavy atom. The lowest BCUT2D eigenvalue weighted by Crippen LogP contribution is -2.54. The first-order chi connectivity index (χ1) is 9.07. The Hall–Kier alpha value is -1.15. The van der Waals surface area contributed by atoms with E-state index in [1.165, 1.54) is 0 Å². The number of hydrogen-bond donors (Lipinski definition) is 2. The van der Waals surface area contributed by atoms with Gasteiger partial charge in [0.25, 0.3) is 5.60 Å². The van der Waals surface area contributed by atoms with Crippen molar-refractivity contribution in [2.45, 2.75) is 38.4 Å². The van der Waals surface area contributed by atoms with Crippen LogP contribution in [0.15, 0.2) is 24.3 Å². The molecule has 0 aliphatic carbocycles. The van der Waals surface area contributed by atoms with Crippen LogP contribution in [0, 0.1) is 3.57 Å². The topological polar surface area (TPSA) is 83.8 Å². The summed E-state index contributed by atoms with van der Waals surface area (Å²) in [4.78, 5) is 23.0. The fraction of sp³-hybridized carbons (Fsp3) is 0.429. The molecule has 0 amide bonds. The van der Waals surface area contributed by atoms with Crippen LogP contribution >= 0.6 is 22.6 Å². The Morgan fingerprint density at radius 1 is 1.10 bits per heavy atom. The predicted octanol–water partition coefficient (Wildman–Crippen LogP) is 2.56. The molecule has 1 aromatic carbocycles. The van der Waals surface area contributed by atoms with Crippen LogP contribution in [-0.4, -0.2) is 33.4 Å². The Morgan fingerprint density at radius 3 is 1.90 bits per heavy atom. The first-order valence-corrected chi connectivity index (χ1v) is 7.06. The molecule has 0 bridgehead atoms. The van der Waals surface area contributed by atoms with Gasteiger partial charge in [-0.2, -0.15) is 0 Å². The molecule has 20 heavy (non-hydrogen) atoms. The molecule has 0 aliphatic rings. The van der Waals surface area contributed by atoms with E-state index in [1.807, 2.05) is 0 Å². The highest BCUT2D eigenvalue weighted by molar-refractivity contribution is 14.1. The van der Waals surface area contributed by atoms with Gasteiger partial charge in [0.1, 0.15) is 0 Å². The minimum atomic E-state index is -2.29. The van der Waals surface area contributed by atoms with Gasteiger partial charge in [-0.05, 0) is 61.1 Å². The summed E-state index contributed by atoms with van der Waals surface area (Å²) >= 11 is 2.12. The lowest BCUT2D eigenvalue weighted by molar-refractivity contribution is -0.199. The van der Waals surface area contributed by atoms with Gasteiger partial charge in [0.05, 0.1) is 5.60 Å². The molecule has 0 fully saturated rings. The standard InChI is InChI=1S/C14H17IO5/c1-13(2,3)20-14(11(16)17,12(18)19)8-9-4-6-10(15)7-5-9/h4-7H,8H2,1-3H3,(H,16,17)(H,18,19). The smallest absolute Gasteiger partial charge is 0.348 e. The van der Waals surface area contributed by atoms with Crippen molar-refractivity contribution < 1.29 is 24.5 Å². The summed E-state index contributed by atoms with van der Waals surface area (Å²) in [6.45, 7) is 4.88. The van der Waals surface area contributed by atoms with Crippen LogP contribution in [-0.2, 0) is 20.7 Å². The molecule has 0 saturated heterocycles. The van der Waals surface area contributed by atoms with Crippen molar-refractivity contribution in [3.63, 3.8) is 0 Å². The summed E-state index contributed by atoms with van der Waals surface area (Å²) in [7, 11) is 0. The second-order valence-electron chi connectivity index (χ2n) is 5.45. The van der Waals surface area contributed by atoms with Gasteiger partial charge in [0, 0.05) is 9.99 Å². The van der Waals surface area contributed by atoms with Gasteiger partial charge < -0.3 is 14.9 Å². The van der Waals surface area contributed by atoms with Crippen LogP contribution in [0.3, 0.4) is 0 Å². The number of halogens is 1. The Balaban J connectivity index is 3.19. The normalized spacial score (nSPS) is 12.2. The molecule has 1 aromatic rings. The molecule has 0 aliphatic heterocycles. The maximum Gasteiger partial charge on any atom is 0.348 e. The van der Waals surface area contributed by atoms with Crippen molar-refractivity contribution in [2.24, 2.45) is 0 Å². The molecule has 1 rings (SSSR count). The van der Waals surface area contributed by atoms with Crippen LogP contribution in [0.25, 0.3) is 0 Å². The SMILES string of the molecule is CC(C)(C)OC(Cc1ccc(I)cc1)(C(=O)O)C(=O)O. The van der Waals surface area contributed by atoms with E-state index in [-0.39, 0.29) is 6.42 Å². The third kappa shape index (κ3) is 4.17. The van der Waals surface area contributed by atoms with Crippen molar-refractivity contribution in [3.05, 3.63) is 33.4 Å². The number of ether oxygens (including phenoxy) is 1. The average Bonchev–Trinajstić information content (AvgIpc) is 2.28. The van der Waals surface area contributed by atoms with Gasteiger partial charge >= 0.3 is 11.9 Å². The molecule has 0 spiro atoms. The quantitative estimate of drug-likeness (QED) is 0.595. The Bertz CT molecular complexity index is 487. The first kappa shape index (κ1) is 16.9. The predicted molar refractivity (Wildman–Crippen MR) is 81.7 cm³/mol. The van der Waals surface area contributed by atoms with Crippen molar-refractivity contribution in [3.8, 4) is 0 Å². The van der Waals surface area contributed by atoms with Crippen LogP contribution in [0.2, 0.25) is 0 Å². The van der Waals surface area contributed by atoms with Crippen molar-refractivity contribution in [1.29, 1.82) is 0 Å². The maximum absolute atomic E-state index is 11.5. The molecule has 0 unspecified atom stereocenters. The molecular weight excluding hydrogens is 375 g/mol. The number of aliphatic carboxylic acids is 2. The number of carboxylic acids is 2. The molecule has 5 nitrogen and oxygen atoms in total. The van der Waals surface area contributed by atoms with E-state index < -0.39 is 23.1 Å². The minimum absolute atomic E-state index is 0.230. The molecule has 0 radical (unpaired) electrons. The zero-order chi connectivity index (χ0) is 15.6. The molecule has 0 aromatic heterocycles. The minimum Gasteiger partial charge on any atom is -0.479 e. The first-order valence-electron chi connectivity index (χ1n) is 5.98. The third-order valence-electron chi connectivity index (χ3n) is 2.54. The molecule has 0 atom stereocenters. The molecule has 0 saturated carbocycles. The number of benzene rings is 1. The van der Waals surface area contributed by atoms with Crippen LogP contribution in [0.5, 0.6) is 0 Å². The summed E-state index contributed by atoms with van der Waals surface area (Å²) in [5.41, 5.74) is -2.58.